The van der Waals surface area contributed by atoms with Gasteiger partial charge in [-0.25, -0.2) is 8.42 Å². The minimum atomic E-state index is -4.68. The summed E-state index contributed by atoms with van der Waals surface area (Å²) in [5.74, 6) is -0.446. The monoisotopic (exact) mass is 375 g/mol. The Hall–Kier alpha value is -1.51. The molecule has 0 radical (unpaired) electrons. The number of sulfonamides is 1. The summed E-state index contributed by atoms with van der Waals surface area (Å²) in [4.78, 5) is 0.452. The highest BCUT2D eigenvalue weighted by atomic mass is 32.2. The minimum absolute atomic E-state index is 0.195. The normalized spacial score (nSPS) is 13.7. The van der Waals surface area contributed by atoms with Gasteiger partial charge in [0.1, 0.15) is 6.04 Å². The van der Waals surface area contributed by atoms with Crippen LogP contribution in [0.4, 0.5) is 13.2 Å². The number of hydrogen-bond acceptors (Lipinski definition) is 3. The second kappa shape index (κ2) is 7.58. The summed E-state index contributed by atoms with van der Waals surface area (Å²) in [6.45, 7) is 1.88. The lowest BCUT2D eigenvalue weighted by Gasteiger charge is -2.21. The van der Waals surface area contributed by atoms with Crippen LogP contribution in [0.3, 0.4) is 0 Å². The quantitative estimate of drug-likeness (QED) is 0.777. The van der Waals surface area contributed by atoms with Crippen molar-refractivity contribution in [3.05, 3.63) is 60.2 Å². The number of aryl methyl sites for hydroxylation is 1. The molecule has 2 aromatic rings. The Morgan fingerprint density at radius 2 is 1.62 bits per heavy atom. The Kier molecular flexibility index (Phi) is 5.95. The zero-order valence-electron chi connectivity index (χ0n) is 12.7. The fourth-order valence-corrected chi connectivity index (χ4v) is 4.17. The van der Waals surface area contributed by atoms with Crippen molar-refractivity contribution in [3.8, 4) is 0 Å². The van der Waals surface area contributed by atoms with E-state index in [2.05, 4.69) is 0 Å². The lowest BCUT2D eigenvalue weighted by molar-refractivity contribution is -0.145. The standard InChI is InChI=1S/C16H16F3NO2S2/c1-12-7-9-13(10-8-12)23-11-15(16(17,18)19)20-24(21,22)14-5-3-2-4-6-14/h2-10,15,20H,11H2,1H3. The van der Waals surface area contributed by atoms with Crippen molar-refractivity contribution in [2.45, 2.75) is 28.9 Å². The van der Waals surface area contributed by atoms with Gasteiger partial charge in [0, 0.05) is 10.6 Å². The predicted molar refractivity (Wildman–Crippen MR) is 88.5 cm³/mol. The van der Waals surface area contributed by atoms with Crippen LogP contribution in [0.5, 0.6) is 0 Å². The number of nitrogens with one attached hydrogen (secondary N) is 1. The van der Waals surface area contributed by atoms with E-state index in [1.54, 1.807) is 35.1 Å². The summed E-state index contributed by atoms with van der Waals surface area (Å²) in [6.07, 6.45) is -4.68. The molecule has 0 spiro atoms. The first-order valence-corrected chi connectivity index (χ1v) is 9.49. The molecule has 0 aromatic heterocycles. The zero-order chi connectivity index (χ0) is 17.8. The van der Waals surface area contributed by atoms with Gasteiger partial charge in [-0.1, -0.05) is 35.9 Å². The molecule has 1 unspecified atom stereocenters. The highest BCUT2D eigenvalue weighted by Gasteiger charge is 2.42. The molecule has 0 bridgehead atoms. The molecule has 0 aliphatic heterocycles. The van der Waals surface area contributed by atoms with E-state index in [0.717, 1.165) is 17.3 Å². The van der Waals surface area contributed by atoms with Gasteiger partial charge in [0.15, 0.2) is 0 Å². The van der Waals surface area contributed by atoms with Gasteiger partial charge in [0.2, 0.25) is 10.0 Å². The maximum Gasteiger partial charge on any atom is 0.405 e. The number of halogens is 3. The Balaban J connectivity index is 2.13. The first-order chi connectivity index (χ1) is 11.2. The van der Waals surface area contributed by atoms with E-state index in [-0.39, 0.29) is 4.90 Å². The third-order valence-electron chi connectivity index (χ3n) is 3.18. The van der Waals surface area contributed by atoms with Crippen molar-refractivity contribution >= 4 is 21.8 Å². The van der Waals surface area contributed by atoms with Crippen molar-refractivity contribution in [2.75, 3.05) is 5.75 Å². The van der Waals surface area contributed by atoms with Crippen LogP contribution in [-0.2, 0) is 10.0 Å². The van der Waals surface area contributed by atoms with Crippen molar-refractivity contribution < 1.29 is 21.6 Å². The van der Waals surface area contributed by atoms with E-state index in [0.29, 0.717) is 4.90 Å². The second-order valence-electron chi connectivity index (χ2n) is 5.15. The molecule has 8 heteroatoms. The van der Waals surface area contributed by atoms with Gasteiger partial charge in [0.25, 0.3) is 0 Å². The van der Waals surface area contributed by atoms with Gasteiger partial charge < -0.3 is 0 Å². The fourth-order valence-electron chi connectivity index (χ4n) is 1.86. The van der Waals surface area contributed by atoms with Gasteiger partial charge >= 0.3 is 6.18 Å². The highest BCUT2D eigenvalue weighted by molar-refractivity contribution is 7.99. The Morgan fingerprint density at radius 3 is 2.17 bits per heavy atom. The van der Waals surface area contributed by atoms with Crippen molar-refractivity contribution in [1.82, 2.24) is 4.72 Å². The molecule has 2 rings (SSSR count). The molecule has 1 atom stereocenters. The fraction of sp³-hybridized carbons (Fsp3) is 0.250. The molecule has 0 saturated carbocycles. The molecule has 0 aliphatic carbocycles. The average molecular weight is 375 g/mol. The van der Waals surface area contributed by atoms with Gasteiger partial charge in [-0.05, 0) is 31.2 Å². The van der Waals surface area contributed by atoms with Crippen LogP contribution in [0.25, 0.3) is 0 Å². The molecule has 0 saturated heterocycles. The number of hydrogen-bond donors (Lipinski definition) is 1. The second-order valence-corrected chi connectivity index (χ2v) is 7.96. The summed E-state index contributed by atoms with van der Waals surface area (Å²) in [5.41, 5.74) is 0.997. The highest BCUT2D eigenvalue weighted by Crippen LogP contribution is 2.28. The lowest BCUT2D eigenvalue weighted by atomic mass is 10.2. The summed E-state index contributed by atoms with van der Waals surface area (Å²) < 4.78 is 65.6. The van der Waals surface area contributed by atoms with E-state index in [4.69, 9.17) is 0 Å². The number of alkyl halides is 3. The molecule has 0 amide bonds. The van der Waals surface area contributed by atoms with Crippen LogP contribution in [0.15, 0.2) is 64.4 Å². The molecular weight excluding hydrogens is 359 g/mol. The Bertz CT molecular complexity index is 760. The summed E-state index contributed by atoms with van der Waals surface area (Å²) in [6, 6.07) is 11.8. The van der Waals surface area contributed by atoms with Gasteiger partial charge in [-0.3, -0.25) is 0 Å². The van der Waals surface area contributed by atoms with Crippen LogP contribution in [-0.4, -0.2) is 26.4 Å². The zero-order valence-corrected chi connectivity index (χ0v) is 14.4. The number of thioether (sulfide) groups is 1. The molecule has 0 heterocycles. The first-order valence-electron chi connectivity index (χ1n) is 7.02. The van der Waals surface area contributed by atoms with Gasteiger partial charge in [-0.15, -0.1) is 11.8 Å². The Morgan fingerprint density at radius 1 is 1.04 bits per heavy atom. The van der Waals surface area contributed by atoms with Crippen LogP contribution in [0, 0.1) is 6.92 Å². The summed E-state index contributed by atoms with van der Waals surface area (Å²) >= 11 is 0.953. The molecule has 3 nitrogen and oxygen atoms in total. The van der Waals surface area contributed by atoms with E-state index in [1.165, 1.54) is 24.3 Å². The molecule has 24 heavy (non-hydrogen) atoms. The third-order valence-corrected chi connectivity index (χ3v) is 5.78. The summed E-state index contributed by atoms with van der Waals surface area (Å²) in [7, 11) is -4.24. The Labute approximate surface area is 143 Å². The molecule has 130 valence electrons. The topological polar surface area (TPSA) is 46.2 Å². The predicted octanol–water partition coefficient (Wildman–Crippen LogP) is 4.00. The molecular formula is C16H16F3NO2S2. The van der Waals surface area contributed by atoms with E-state index in [9.17, 15) is 21.6 Å². The molecule has 2 aromatic carbocycles. The lowest BCUT2D eigenvalue weighted by Crippen LogP contribution is -2.47. The molecule has 0 fully saturated rings. The first kappa shape index (κ1) is 18.8. The van der Waals surface area contributed by atoms with E-state index in [1.807, 2.05) is 6.92 Å². The SMILES string of the molecule is Cc1ccc(SCC(NS(=O)(=O)c2ccccc2)C(F)(F)F)cc1. The smallest absolute Gasteiger partial charge is 0.207 e. The average Bonchev–Trinajstić information content (AvgIpc) is 2.53. The van der Waals surface area contributed by atoms with Crippen molar-refractivity contribution in [2.24, 2.45) is 0 Å². The van der Waals surface area contributed by atoms with Crippen LogP contribution in [0.1, 0.15) is 5.56 Å². The van der Waals surface area contributed by atoms with Crippen LogP contribution in [0.2, 0.25) is 0 Å². The van der Waals surface area contributed by atoms with E-state index < -0.39 is 28.0 Å². The molecule has 0 aliphatic rings. The van der Waals surface area contributed by atoms with Crippen molar-refractivity contribution in [3.63, 3.8) is 0 Å². The summed E-state index contributed by atoms with van der Waals surface area (Å²) in [5, 5.41) is 0. The maximum absolute atomic E-state index is 13.2. The molecule has 1 N–H and O–H groups in total. The minimum Gasteiger partial charge on any atom is -0.207 e. The van der Waals surface area contributed by atoms with Crippen molar-refractivity contribution in [1.29, 1.82) is 0 Å². The van der Waals surface area contributed by atoms with Crippen LogP contribution < -0.4 is 4.72 Å². The van der Waals surface area contributed by atoms with E-state index >= 15 is 0 Å². The van der Waals surface area contributed by atoms with Gasteiger partial charge in [-0.2, -0.15) is 17.9 Å². The third kappa shape index (κ3) is 5.25. The maximum atomic E-state index is 13.2. The van der Waals surface area contributed by atoms with Gasteiger partial charge in [0.05, 0.1) is 4.90 Å². The number of benzene rings is 2. The number of rotatable bonds is 6. The largest absolute Gasteiger partial charge is 0.405 e. The van der Waals surface area contributed by atoms with Crippen LogP contribution >= 0.6 is 11.8 Å².